The van der Waals surface area contributed by atoms with E-state index in [0.717, 1.165) is 21.5 Å². The Hall–Kier alpha value is -1.27. The molecular formula is C15H9Cl2NO2S2. The van der Waals surface area contributed by atoms with Crippen molar-refractivity contribution in [2.75, 3.05) is 0 Å². The van der Waals surface area contributed by atoms with Crippen molar-refractivity contribution in [3.63, 3.8) is 0 Å². The quantitative estimate of drug-likeness (QED) is 0.689. The molecule has 0 unspecified atom stereocenters. The topological polar surface area (TPSA) is 37.4 Å². The van der Waals surface area contributed by atoms with Crippen LogP contribution in [-0.2, 0) is 11.3 Å². The Morgan fingerprint density at radius 2 is 1.82 bits per heavy atom. The zero-order valence-electron chi connectivity index (χ0n) is 11.1. The summed E-state index contributed by atoms with van der Waals surface area (Å²) in [5.41, 5.74) is 0.575. The van der Waals surface area contributed by atoms with Gasteiger partial charge < -0.3 is 0 Å². The Kier molecular flexibility index (Phi) is 4.59. The molecule has 0 aliphatic carbocycles. The molecule has 112 valence electrons. The second-order valence-electron chi connectivity index (χ2n) is 4.48. The van der Waals surface area contributed by atoms with Crippen LogP contribution in [0.1, 0.15) is 10.4 Å². The zero-order valence-corrected chi connectivity index (χ0v) is 14.2. The van der Waals surface area contributed by atoms with E-state index in [9.17, 15) is 9.59 Å². The van der Waals surface area contributed by atoms with Crippen LogP contribution in [0.15, 0.2) is 40.6 Å². The van der Waals surface area contributed by atoms with E-state index in [1.165, 1.54) is 11.3 Å². The molecule has 3 nitrogen and oxygen atoms in total. The van der Waals surface area contributed by atoms with E-state index >= 15 is 0 Å². The molecule has 0 radical (unpaired) electrons. The minimum Gasteiger partial charge on any atom is -0.268 e. The van der Waals surface area contributed by atoms with Crippen LogP contribution < -0.4 is 0 Å². The van der Waals surface area contributed by atoms with E-state index in [-0.39, 0.29) is 17.7 Å². The summed E-state index contributed by atoms with van der Waals surface area (Å²) in [5.74, 6) is -0.320. The summed E-state index contributed by atoms with van der Waals surface area (Å²) < 4.78 is 0. The van der Waals surface area contributed by atoms with Crippen LogP contribution in [0.4, 0.5) is 4.79 Å². The Morgan fingerprint density at radius 3 is 2.45 bits per heavy atom. The second kappa shape index (κ2) is 6.46. The number of carbonyl (C=O) groups is 2. The third-order valence-electron chi connectivity index (χ3n) is 3.07. The lowest BCUT2D eigenvalue weighted by molar-refractivity contribution is -0.123. The summed E-state index contributed by atoms with van der Waals surface area (Å²) in [6.07, 6.45) is 1.73. The van der Waals surface area contributed by atoms with E-state index in [2.05, 4.69) is 0 Å². The number of amides is 2. The highest BCUT2D eigenvalue weighted by molar-refractivity contribution is 8.18. The maximum atomic E-state index is 12.4. The van der Waals surface area contributed by atoms with Gasteiger partial charge in [0.25, 0.3) is 11.1 Å². The molecule has 1 fully saturated rings. The molecule has 0 bridgehead atoms. The van der Waals surface area contributed by atoms with Crippen LogP contribution in [0, 0.1) is 0 Å². The minimum absolute atomic E-state index is 0.0744. The van der Waals surface area contributed by atoms with Crippen LogP contribution in [-0.4, -0.2) is 16.0 Å². The molecule has 2 heterocycles. The number of benzene rings is 1. The van der Waals surface area contributed by atoms with Crippen molar-refractivity contribution in [3.05, 3.63) is 61.1 Å². The van der Waals surface area contributed by atoms with Gasteiger partial charge in [-0.25, -0.2) is 0 Å². The summed E-state index contributed by atoms with van der Waals surface area (Å²) in [7, 11) is 0. The van der Waals surface area contributed by atoms with Gasteiger partial charge in [0.05, 0.1) is 11.4 Å². The number of imide groups is 1. The van der Waals surface area contributed by atoms with Gasteiger partial charge >= 0.3 is 0 Å². The molecule has 0 N–H and O–H groups in total. The fraction of sp³-hybridized carbons (Fsp3) is 0.0667. The van der Waals surface area contributed by atoms with E-state index in [4.69, 9.17) is 23.2 Å². The van der Waals surface area contributed by atoms with Crippen molar-refractivity contribution in [3.8, 4) is 0 Å². The first kappa shape index (κ1) is 15.6. The van der Waals surface area contributed by atoms with Gasteiger partial charge in [0.15, 0.2) is 0 Å². The molecule has 2 aromatic rings. The molecule has 0 atom stereocenters. The van der Waals surface area contributed by atoms with Crippen LogP contribution >= 0.6 is 46.3 Å². The Labute approximate surface area is 145 Å². The molecular weight excluding hydrogens is 361 g/mol. The van der Waals surface area contributed by atoms with Gasteiger partial charge in [-0.2, -0.15) is 0 Å². The molecule has 0 spiro atoms. The predicted molar refractivity (Wildman–Crippen MR) is 92.3 cm³/mol. The lowest BCUT2D eigenvalue weighted by Crippen LogP contribution is -2.27. The molecule has 1 aromatic carbocycles. The van der Waals surface area contributed by atoms with Crippen LogP contribution in [0.5, 0.6) is 0 Å². The van der Waals surface area contributed by atoms with Gasteiger partial charge in [-0.05, 0) is 41.4 Å². The minimum atomic E-state index is -0.320. The predicted octanol–water partition coefficient (Wildman–Crippen LogP) is 5.29. The molecule has 1 aliphatic heterocycles. The highest BCUT2D eigenvalue weighted by atomic mass is 35.5. The van der Waals surface area contributed by atoms with Crippen molar-refractivity contribution in [1.29, 1.82) is 0 Å². The molecule has 7 heteroatoms. The van der Waals surface area contributed by atoms with Gasteiger partial charge in [-0.3, -0.25) is 14.5 Å². The Morgan fingerprint density at radius 1 is 1.09 bits per heavy atom. The third-order valence-corrected chi connectivity index (χ3v) is 5.50. The highest BCUT2D eigenvalue weighted by Gasteiger charge is 2.35. The van der Waals surface area contributed by atoms with E-state index in [1.807, 2.05) is 17.5 Å². The molecule has 0 saturated carbocycles. The monoisotopic (exact) mass is 369 g/mol. The van der Waals surface area contributed by atoms with Crippen LogP contribution in [0.2, 0.25) is 10.0 Å². The highest BCUT2D eigenvalue weighted by Crippen LogP contribution is 2.35. The fourth-order valence-electron chi connectivity index (χ4n) is 1.98. The number of thioether (sulfide) groups is 1. The smallest absolute Gasteiger partial charge is 0.268 e. The van der Waals surface area contributed by atoms with Gasteiger partial charge in [0.1, 0.15) is 0 Å². The third kappa shape index (κ3) is 3.08. The van der Waals surface area contributed by atoms with Crippen molar-refractivity contribution in [1.82, 2.24) is 4.90 Å². The van der Waals surface area contributed by atoms with Crippen LogP contribution in [0.3, 0.4) is 0 Å². The Bertz CT molecular complexity index is 752. The standard InChI is InChI=1S/C15H9Cl2NO2S2/c16-11-4-1-5-12(17)10(11)8-18-14(19)13(22-15(18)20)7-9-3-2-6-21-9/h1-7H,8H2/b13-7+. The number of carbonyl (C=O) groups excluding carboxylic acids is 2. The summed E-state index contributed by atoms with van der Waals surface area (Å²) >= 11 is 14.6. The largest absolute Gasteiger partial charge is 0.293 e. The van der Waals surface area contributed by atoms with E-state index < -0.39 is 0 Å². The number of nitrogens with zero attached hydrogens (tertiary/aromatic N) is 1. The lowest BCUT2D eigenvalue weighted by atomic mass is 10.2. The number of hydrogen-bond donors (Lipinski definition) is 0. The number of hydrogen-bond acceptors (Lipinski definition) is 4. The normalized spacial score (nSPS) is 16.8. The van der Waals surface area contributed by atoms with Crippen molar-refractivity contribution in [2.24, 2.45) is 0 Å². The lowest BCUT2D eigenvalue weighted by Gasteiger charge is -2.14. The van der Waals surface area contributed by atoms with Crippen molar-refractivity contribution in [2.45, 2.75) is 6.54 Å². The fourth-order valence-corrected chi connectivity index (χ4v) is 4.06. The Balaban J connectivity index is 1.86. The van der Waals surface area contributed by atoms with Crippen LogP contribution in [0.25, 0.3) is 6.08 Å². The average Bonchev–Trinajstić information content (AvgIpc) is 3.06. The maximum Gasteiger partial charge on any atom is 0.293 e. The molecule has 22 heavy (non-hydrogen) atoms. The first-order chi connectivity index (χ1) is 10.6. The zero-order chi connectivity index (χ0) is 15.7. The first-order valence-corrected chi connectivity index (χ1v) is 8.73. The molecule has 2 amide bonds. The molecule has 1 aromatic heterocycles. The number of thiophene rings is 1. The number of halogens is 2. The summed E-state index contributed by atoms with van der Waals surface area (Å²) in [6, 6.07) is 8.87. The van der Waals surface area contributed by atoms with E-state index in [1.54, 1.807) is 24.3 Å². The maximum absolute atomic E-state index is 12.4. The SMILES string of the molecule is O=C1S/C(=C/c2cccs2)C(=O)N1Cc1c(Cl)cccc1Cl. The molecule has 3 rings (SSSR count). The summed E-state index contributed by atoms with van der Waals surface area (Å²) in [5, 5.41) is 2.48. The second-order valence-corrected chi connectivity index (χ2v) is 7.27. The molecule has 1 aliphatic rings. The summed E-state index contributed by atoms with van der Waals surface area (Å²) in [6.45, 7) is 0.0744. The van der Waals surface area contributed by atoms with Gasteiger partial charge in [0.2, 0.25) is 0 Å². The first-order valence-electron chi connectivity index (χ1n) is 6.28. The van der Waals surface area contributed by atoms with Gasteiger partial charge in [0, 0.05) is 20.5 Å². The van der Waals surface area contributed by atoms with E-state index in [0.29, 0.717) is 20.5 Å². The summed E-state index contributed by atoms with van der Waals surface area (Å²) in [4.78, 5) is 27.0. The van der Waals surface area contributed by atoms with Crippen molar-refractivity contribution < 1.29 is 9.59 Å². The number of rotatable bonds is 3. The van der Waals surface area contributed by atoms with Crippen molar-refractivity contribution >= 4 is 63.5 Å². The van der Waals surface area contributed by atoms with Gasteiger partial charge in [-0.15, -0.1) is 11.3 Å². The van der Waals surface area contributed by atoms with Gasteiger partial charge in [-0.1, -0.05) is 35.3 Å². The molecule has 1 saturated heterocycles. The average molecular weight is 370 g/mol.